The van der Waals surface area contributed by atoms with Gasteiger partial charge in [0.25, 0.3) is 0 Å². The number of carbonyl (C=O) groups is 2. The molecule has 2 aliphatic heterocycles. The van der Waals surface area contributed by atoms with Gasteiger partial charge in [-0.15, -0.1) is 11.3 Å². The minimum Gasteiger partial charge on any atom is -0.348 e. The van der Waals surface area contributed by atoms with Crippen molar-refractivity contribution in [3.8, 4) is 0 Å². The van der Waals surface area contributed by atoms with Gasteiger partial charge in [0.05, 0.1) is 12.5 Å². The largest absolute Gasteiger partial charge is 0.348 e. The first-order valence-corrected chi connectivity index (χ1v) is 9.30. The first-order chi connectivity index (χ1) is 11.1. The molecular formula is C17H25N3O2S. The maximum atomic E-state index is 12.7. The fourth-order valence-electron chi connectivity index (χ4n) is 3.73. The summed E-state index contributed by atoms with van der Waals surface area (Å²) in [5.41, 5.74) is 0. The third-order valence-corrected chi connectivity index (χ3v) is 6.00. The first-order valence-electron chi connectivity index (χ1n) is 8.42. The van der Waals surface area contributed by atoms with Crippen molar-refractivity contribution in [2.45, 2.75) is 32.2 Å². The third kappa shape index (κ3) is 4.12. The summed E-state index contributed by atoms with van der Waals surface area (Å²) < 4.78 is 0. The summed E-state index contributed by atoms with van der Waals surface area (Å²) >= 11 is 1.59. The number of thiophene rings is 1. The average Bonchev–Trinajstić information content (AvgIpc) is 3.15. The van der Waals surface area contributed by atoms with E-state index in [2.05, 4.69) is 10.6 Å². The molecule has 2 aliphatic rings. The lowest BCUT2D eigenvalue weighted by Crippen LogP contribution is -2.36. The zero-order chi connectivity index (χ0) is 16.2. The van der Waals surface area contributed by atoms with Crippen LogP contribution in [-0.2, 0) is 9.59 Å². The van der Waals surface area contributed by atoms with E-state index in [4.69, 9.17) is 0 Å². The van der Waals surface area contributed by atoms with Crippen molar-refractivity contribution in [3.63, 3.8) is 0 Å². The van der Waals surface area contributed by atoms with Crippen molar-refractivity contribution < 1.29 is 9.59 Å². The highest BCUT2D eigenvalue weighted by Gasteiger charge is 2.32. The lowest BCUT2D eigenvalue weighted by Gasteiger charge is -2.24. The van der Waals surface area contributed by atoms with E-state index in [0.717, 1.165) is 55.7 Å². The molecule has 0 radical (unpaired) electrons. The second-order valence-electron chi connectivity index (χ2n) is 6.61. The number of likely N-dealkylation sites (tertiary alicyclic amines) is 1. The highest BCUT2D eigenvalue weighted by Crippen LogP contribution is 2.28. The fraction of sp³-hybridized carbons (Fsp3) is 0.647. The molecule has 1 aromatic rings. The van der Waals surface area contributed by atoms with Crippen LogP contribution < -0.4 is 10.6 Å². The number of hydrogen-bond donors (Lipinski definition) is 2. The van der Waals surface area contributed by atoms with Crippen LogP contribution in [0.4, 0.5) is 0 Å². The molecule has 5 nitrogen and oxygen atoms in total. The quantitative estimate of drug-likeness (QED) is 0.882. The van der Waals surface area contributed by atoms with Crippen LogP contribution in [0.2, 0.25) is 0 Å². The SMILES string of the molecule is CC(=O)NC(CC(=O)N1CC[C@@H]2CNC[C@@H]2CC1)c1cccs1. The van der Waals surface area contributed by atoms with Crippen LogP contribution in [0.1, 0.15) is 37.1 Å². The summed E-state index contributed by atoms with van der Waals surface area (Å²) in [7, 11) is 0. The fourth-order valence-corrected chi connectivity index (χ4v) is 4.51. The Morgan fingerprint density at radius 2 is 2.04 bits per heavy atom. The van der Waals surface area contributed by atoms with Gasteiger partial charge in [-0.1, -0.05) is 6.07 Å². The van der Waals surface area contributed by atoms with Gasteiger partial charge in [-0.3, -0.25) is 9.59 Å². The third-order valence-electron chi connectivity index (χ3n) is 5.01. The van der Waals surface area contributed by atoms with Gasteiger partial charge in [-0.25, -0.2) is 0 Å². The van der Waals surface area contributed by atoms with Crippen LogP contribution >= 0.6 is 11.3 Å². The van der Waals surface area contributed by atoms with E-state index in [0.29, 0.717) is 6.42 Å². The van der Waals surface area contributed by atoms with Gasteiger partial charge < -0.3 is 15.5 Å². The molecule has 0 bridgehead atoms. The molecule has 2 saturated heterocycles. The van der Waals surface area contributed by atoms with Crippen molar-refractivity contribution >= 4 is 23.2 Å². The molecule has 3 heterocycles. The molecule has 2 fully saturated rings. The molecule has 3 atom stereocenters. The molecule has 0 aromatic carbocycles. The Balaban J connectivity index is 1.61. The van der Waals surface area contributed by atoms with Gasteiger partial charge in [0, 0.05) is 24.9 Å². The topological polar surface area (TPSA) is 61.4 Å². The number of nitrogens with one attached hydrogen (secondary N) is 2. The lowest BCUT2D eigenvalue weighted by atomic mass is 9.92. The normalized spacial score (nSPS) is 25.5. The number of amides is 2. The van der Waals surface area contributed by atoms with E-state index >= 15 is 0 Å². The summed E-state index contributed by atoms with van der Waals surface area (Å²) in [6.45, 7) is 5.38. The summed E-state index contributed by atoms with van der Waals surface area (Å²) in [5, 5.41) is 8.36. The Morgan fingerprint density at radius 1 is 1.35 bits per heavy atom. The van der Waals surface area contributed by atoms with Crippen LogP contribution in [0.5, 0.6) is 0 Å². The minimum atomic E-state index is -0.204. The van der Waals surface area contributed by atoms with E-state index in [1.54, 1.807) is 11.3 Å². The molecule has 0 saturated carbocycles. The van der Waals surface area contributed by atoms with Crippen molar-refractivity contribution in [3.05, 3.63) is 22.4 Å². The highest BCUT2D eigenvalue weighted by atomic mass is 32.1. The maximum absolute atomic E-state index is 12.7. The van der Waals surface area contributed by atoms with Crippen LogP contribution in [0.15, 0.2) is 17.5 Å². The highest BCUT2D eigenvalue weighted by molar-refractivity contribution is 7.10. The van der Waals surface area contributed by atoms with Crippen molar-refractivity contribution in [2.75, 3.05) is 26.2 Å². The zero-order valence-corrected chi connectivity index (χ0v) is 14.4. The van der Waals surface area contributed by atoms with E-state index in [9.17, 15) is 9.59 Å². The lowest BCUT2D eigenvalue weighted by molar-refractivity contribution is -0.132. The Morgan fingerprint density at radius 3 is 2.61 bits per heavy atom. The summed E-state index contributed by atoms with van der Waals surface area (Å²) in [4.78, 5) is 27.2. The number of fused-ring (bicyclic) bond motifs is 1. The van der Waals surface area contributed by atoms with Gasteiger partial charge in [0.1, 0.15) is 0 Å². The predicted octanol–water partition coefficient (Wildman–Crippen LogP) is 1.77. The predicted molar refractivity (Wildman–Crippen MR) is 91.2 cm³/mol. The smallest absolute Gasteiger partial charge is 0.225 e. The van der Waals surface area contributed by atoms with Gasteiger partial charge in [-0.05, 0) is 49.2 Å². The molecule has 6 heteroatoms. The number of hydrogen-bond acceptors (Lipinski definition) is 4. The van der Waals surface area contributed by atoms with Gasteiger partial charge in [0.2, 0.25) is 11.8 Å². The first kappa shape index (κ1) is 16.5. The molecule has 0 spiro atoms. The summed E-state index contributed by atoms with van der Waals surface area (Å²) in [6, 6.07) is 3.74. The Kier molecular flexibility index (Phi) is 5.33. The van der Waals surface area contributed by atoms with E-state index in [1.807, 2.05) is 22.4 Å². The van der Waals surface area contributed by atoms with Crippen molar-refractivity contribution in [2.24, 2.45) is 11.8 Å². The van der Waals surface area contributed by atoms with Crippen molar-refractivity contribution in [1.82, 2.24) is 15.5 Å². The molecule has 1 unspecified atom stereocenters. The van der Waals surface area contributed by atoms with Crippen LogP contribution in [0.3, 0.4) is 0 Å². The molecule has 3 rings (SSSR count). The van der Waals surface area contributed by atoms with E-state index < -0.39 is 0 Å². The number of nitrogens with zero attached hydrogens (tertiary/aromatic N) is 1. The van der Waals surface area contributed by atoms with Gasteiger partial charge in [-0.2, -0.15) is 0 Å². The molecular weight excluding hydrogens is 310 g/mol. The minimum absolute atomic E-state index is 0.0901. The zero-order valence-electron chi connectivity index (χ0n) is 13.6. The van der Waals surface area contributed by atoms with Crippen LogP contribution in [-0.4, -0.2) is 42.9 Å². The molecule has 0 aliphatic carbocycles. The Labute approximate surface area is 141 Å². The molecule has 126 valence electrons. The number of rotatable bonds is 4. The Hall–Kier alpha value is -1.40. The standard InChI is InChI=1S/C17H25N3O2S/c1-12(21)19-15(16-3-2-8-23-16)9-17(22)20-6-4-13-10-18-11-14(13)5-7-20/h2-3,8,13-15,18H,4-7,9-11H2,1H3,(H,19,21)/t13-,14+,15?. The van der Waals surface area contributed by atoms with Crippen LogP contribution in [0, 0.1) is 11.8 Å². The second kappa shape index (κ2) is 7.45. The Bertz CT molecular complexity index is 532. The second-order valence-corrected chi connectivity index (χ2v) is 7.59. The summed E-state index contributed by atoms with van der Waals surface area (Å²) in [5.74, 6) is 1.50. The molecule has 1 aromatic heterocycles. The van der Waals surface area contributed by atoms with Crippen molar-refractivity contribution in [1.29, 1.82) is 0 Å². The maximum Gasteiger partial charge on any atom is 0.225 e. The van der Waals surface area contributed by atoms with Gasteiger partial charge in [0.15, 0.2) is 0 Å². The van der Waals surface area contributed by atoms with Gasteiger partial charge >= 0.3 is 0 Å². The molecule has 2 amide bonds. The monoisotopic (exact) mass is 335 g/mol. The van der Waals surface area contributed by atoms with E-state index in [1.165, 1.54) is 6.92 Å². The van der Waals surface area contributed by atoms with E-state index in [-0.39, 0.29) is 17.9 Å². The summed E-state index contributed by atoms with van der Waals surface area (Å²) in [6.07, 6.45) is 2.54. The van der Waals surface area contributed by atoms with Crippen LogP contribution in [0.25, 0.3) is 0 Å². The average molecular weight is 335 g/mol. The number of carbonyl (C=O) groups excluding carboxylic acids is 2. The molecule has 23 heavy (non-hydrogen) atoms. The molecule has 2 N–H and O–H groups in total.